The lowest BCUT2D eigenvalue weighted by Gasteiger charge is -2.43. The van der Waals surface area contributed by atoms with Crippen LogP contribution in [0.3, 0.4) is 0 Å². The Morgan fingerprint density at radius 1 is 1.06 bits per heavy atom. The van der Waals surface area contributed by atoms with E-state index in [-0.39, 0.29) is 12.0 Å². The highest BCUT2D eigenvalue weighted by Gasteiger charge is 2.45. The van der Waals surface area contributed by atoms with Gasteiger partial charge in [0.2, 0.25) is 5.91 Å². The van der Waals surface area contributed by atoms with Gasteiger partial charge in [-0.1, -0.05) is 29.8 Å². The molecule has 4 fully saturated rings. The summed E-state index contributed by atoms with van der Waals surface area (Å²) in [4.78, 5) is 26.9. The monoisotopic (exact) mass is 497 g/mol. The first-order chi connectivity index (χ1) is 17.6. The SMILES string of the molecule is N#Cc1cc(-c2cccc3cnc(Cl)cc23)c(C2CC2)nc1N1CCN(C(=O)C2CC2)[C@H](C2CC2)C1. The molecule has 7 heteroatoms. The average Bonchev–Trinajstić information content (AvgIpc) is 3.76. The molecule has 0 bridgehead atoms. The zero-order valence-electron chi connectivity index (χ0n) is 20.2. The number of carbonyl (C=O) groups excluding carboxylic acids is 1. The van der Waals surface area contributed by atoms with Crippen LogP contribution in [0.5, 0.6) is 0 Å². The molecule has 0 spiro atoms. The number of hydrogen-bond acceptors (Lipinski definition) is 5. The van der Waals surface area contributed by atoms with E-state index in [4.69, 9.17) is 16.6 Å². The molecule has 2 aromatic heterocycles. The van der Waals surface area contributed by atoms with E-state index in [1.807, 2.05) is 24.3 Å². The Kier molecular flexibility index (Phi) is 5.18. The van der Waals surface area contributed by atoms with Crippen molar-refractivity contribution in [3.63, 3.8) is 0 Å². The van der Waals surface area contributed by atoms with Gasteiger partial charge in [0.15, 0.2) is 0 Å². The van der Waals surface area contributed by atoms with Gasteiger partial charge < -0.3 is 9.80 Å². The molecule has 1 aliphatic heterocycles. The Hall–Kier alpha value is -3.17. The minimum Gasteiger partial charge on any atom is -0.352 e. The van der Waals surface area contributed by atoms with Crippen LogP contribution in [0.4, 0.5) is 5.82 Å². The zero-order chi connectivity index (χ0) is 24.4. The maximum atomic E-state index is 13.0. The highest BCUT2D eigenvalue weighted by Crippen LogP contribution is 2.47. The molecule has 3 aliphatic carbocycles. The number of carbonyl (C=O) groups is 1. The van der Waals surface area contributed by atoms with Crippen molar-refractivity contribution in [2.24, 2.45) is 11.8 Å². The van der Waals surface area contributed by atoms with Crippen LogP contribution in [0, 0.1) is 23.2 Å². The molecule has 3 heterocycles. The van der Waals surface area contributed by atoms with Gasteiger partial charge in [0, 0.05) is 48.6 Å². The van der Waals surface area contributed by atoms with Gasteiger partial charge in [-0.05, 0) is 67.5 Å². The fourth-order valence-electron chi connectivity index (χ4n) is 5.83. The predicted molar refractivity (Wildman–Crippen MR) is 140 cm³/mol. The second-order valence-corrected chi connectivity index (χ2v) is 11.3. The molecule has 0 radical (unpaired) electrons. The smallest absolute Gasteiger partial charge is 0.226 e. The third-order valence-corrected chi connectivity index (χ3v) is 8.44. The average molecular weight is 498 g/mol. The number of pyridine rings is 2. The summed E-state index contributed by atoms with van der Waals surface area (Å²) in [5.74, 6) is 2.37. The van der Waals surface area contributed by atoms with Crippen LogP contribution in [-0.4, -0.2) is 46.5 Å². The van der Waals surface area contributed by atoms with E-state index in [0.29, 0.717) is 28.5 Å². The van der Waals surface area contributed by atoms with Crippen LogP contribution in [0.15, 0.2) is 36.5 Å². The minimum absolute atomic E-state index is 0.233. The van der Waals surface area contributed by atoms with Crippen LogP contribution < -0.4 is 4.90 Å². The molecule has 3 aromatic rings. The number of nitrogens with zero attached hydrogens (tertiary/aromatic N) is 5. The molecule has 0 unspecified atom stereocenters. The first kappa shape index (κ1) is 22.1. The van der Waals surface area contributed by atoms with E-state index in [1.165, 1.54) is 12.8 Å². The fraction of sp³-hybridized carbons (Fsp3) is 0.448. The van der Waals surface area contributed by atoms with Crippen LogP contribution in [0.2, 0.25) is 5.15 Å². The minimum atomic E-state index is 0.233. The van der Waals surface area contributed by atoms with Crippen molar-refractivity contribution in [3.05, 3.63) is 52.9 Å². The molecule has 1 saturated heterocycles. The van der Waals surface area contributed by atoms with Crippen LogP contribution in [0.1, 0.15) is 55.7 Å². The number of benzene rings is 1. The van der Waals surface area contributed by atoms with Gasteiger partial charge in [-0.25, -0.2) is 9.97 Å². The summed E-state index contributed by atoms with van der Waals surface area (Å²) in [6.07, 6.45) is 8.49. The van der Waals surface area contributed by atoms with E-state index in [9.17, 15) is 10.1 Å². The number of amides is 1. The number of anilines is 1. The van der Waals surface area contributed by atoms with Gasteiger partial charge in [0.25, 0.3) is 0 Å². The summed E-state index contributed by atoms with van der Waals surface area (Å²) in [6.45, 7) is 2.21. The van der Waals surface area contributed by atoms with Gasteiger partial charge in [-0.15, -0.1) is 0 Å². The second kappa shape index (κ2) is 8.45. The number of hydrogen-bond donors (Lipinski definition) is 0. The number of aromatic nitrogens is 2. The van der Waals surface area contributed by atoms with E-state index >= 15 is 0 Å². The van der Waals surface area contributed by atoms with Crippen molar-refractivity contribution in [3.8, 4) is 17.2 Å². The molecule has 6 nitrogen and oxygen atoms in total. The van der Waals surface area contributed by atoms with Gasteiger partial charge in [0.1, 0.15) is 17.0 Å². The Balaban J connectivity index is 1.29. The molecule has 1 aromatic carbocycles. The topological polar surface area (TPSA) is 73.1 Å². The van der Waals surface area contributed by atoms with Crippen LogP contribution in [0.25, 0.3) is 21.9 Å². The van der Waals surface area contributed by atoms with Crippen LogP contribution >= 0.6 is 11.6 Å². The summed E-state index contributed by atoms with van der Waals surface area (Å²) in [5, 5.41) is 12.7. The van der Waals surface area contributed by atoms with Crippen molar-refractivity contribution in [2.45, 2.75) is 50.5 Å². The van der Waals surface area contributed by atoms with Crippen molar-refractivity contribution in [1.82, 2.24) is 14.9 Å². The first-order valence-electron chi connectivity index (χ1n) is 13.2. The van der Waals surface area contributed by atoms with Gasteiger partial charge >= 0.3 is 0 Å². The Bertz CT molecular complexity index is 1420. The third-order valence-electron chi connectivity index (χ3n) is 8.23. The normalized spacial score (nSPS) is 22.1. The Morgan fingerprint density at radius 2 is 1.89 bits per heavy atom. The van der Waals surface area contributed by atoms with Crippen molar-refractivity contribution in [1.29, 1.82) is 5.26 Å². The summed E-state index contributed by atoms with van der Waals surface area (Å²) in [6, 6.07) is 12.8. The lowest BCUT2D eigenvalue weighted by Crippen LogP contribution is -2.57. The molecule has 1 atom stereocenters. The maximum absolute atomic E-state index is 13.0. The number of fused-ring (bicyclic) bond motifs is 1. The number of halogens is 1. The number of nitriles is 1. The number of rotatable bonds is 5. The summed E-state index contributed by atoms with van der Waals surface area (Å²) < 4.78 is 0. The summed E-state index contributed by atoms with van der Waals surface area (Å²) in [7, 11) is 0. The molecule has 0 N–H and O–H groups in total. The van der Waals surface area contributed by atoms with Gasteiger partial charge in [-0.3, -0.25) is 4.79 Å². The second-order valence-electron chi connectivity index (χ2n) is 10.9. The molecule has 182 valence electrons. The first-order valence-corrected chi connectivity index (χ1v) is 13.5. The molecule has 1 amide bonds. The maximum Gasteiger partial charge on any atom is 0.226 e. The van der Waals surface area contributed by atoms with E-state index in [2.05, 4.69) is 26.9 Å². The highest BCUT2D eigenvalue weighted by molar-refractivity contribution is 6.30. The molecule has 3 saturated carbocycles. The van der Waals surface area contributed by atoms with Crippen LogP contribution in [-0.2, 0) is 4.79 Å². The summed E-state index contributed by atoms with van der Waals surface area (Å²) >= 11 is 6.27. The van der Waals surface area contributed by atoms with Crippen molar-refractivity contribution >= 4 is 34.1 Å². The number of piperazine rings is 1. The lowest BCUT2D eigenvalue weighted by molar-refractivity contribution is -0.135. The quantitative estimate of drug-likeness (QED) is 0.433. The van der Waals surface area contributed by atoms with Gasteiger partial charge in [0.05, 0.1) is 17.3 Å². The Labute approximate surface area is 215 Å². The van der Waals surface area contributed by atoms with Crippen molar-refractivity contribution < 1.29 is 4.79 Å². The molecular formula is C29H28ClN5O. The Morgan fingerprint density at radius 3 is 2.61 bits per heavy atom. The van der Waals surface area contributed by atoms with E-state index in [1.54, 1.807) is 6.20 Å². The standard InChI is InChI=1S/C29H28ClN5O/c30-26-13-23-20(15-32-26)2-1-3-22(23)24-12-21(14-31)28(33-27(24)18-6-7-18)34-10-11-35(29(36)19-8-9-19)25(16-34)17-4-5-17/h1-3,12-13,15,17-19,25H,4-11,16H2/t25-/m0/s1. The van der Waals surface area contributed by atoms with E-state index in [0.717, 1.165) is 78.7 Å². The third kappa shape index (κ3) is 3.90. The predicted octanol–water partition coefficient (Wildman–Crippen LogP) is 5.54. The fourth-order valence-corrected chi connectivity index (χ4v) is 5.99. The van der Waals surface area contributed by atoms with Crippen molar-refractivity contribution in [2.75, 3.05) is 24.5 Å². The largest absolute Gasteiger partial charge is 0.352 e. The molecular weight excluding hydrogens is 470 g/mol. The molecule has 36 heavy (non-hydrogen) atoms. The van der Waals surface area contributed by atoms with Gasteiger partial charge in [-0.2, -0.15) is 5.26 Å². The molecule has 7 rings (SSSR count). The lowest BCUT2D eigenvalue weighted by atomic mass is 9.95. The molecule has 4 aliphatic rings. The van der Waals surface area contributed by atoms with E-state index < -0.39 is 0 Å². The zero-order valence-corrected chi connectivity index (χ0v) is 20.9. The summed E-state index contributed by atoms with van der Waals surface area (Å²) in [5.41, 5.74) is 3.74. The highest BCUT2D eigenvalue weighted by atomic mass is 35.5.